The van der Waals surface area contributed by atoms with E-state index in [2.05, 4.69) is 14.9 Å². The van der Waals surface area contributed by atoms with Crippen LogP contribution in [0, 0.1) is 5.92 Å². The van der Waals surface area contributed by atoms with Crippen LogP contribution in [0.2, 0.25) is 0 Å². The van der Waals surface area contributed by atoms with Gasteiger partial charge in [-0.1, -0.05) is 0 Å². The van der Waals surface area contributed by atoms with E-state index in [0.29, 0.717) is 0 Å². The van der Waals surface area contributed by atoms with Crippen molar-refractivity contribution in [1.82, 2.24) is 15.2 Å². The average Bonchev–Trinajstić information content (AvgIpc) is 2.73. The first-order chi connectivity index (χ1) is 8.39. The number of likely N-dealkylation sites (tertiary alicyclic amines) is 1. The number of nitrogens with zero attached hydrogens (tertiary/aromatic N) is 3. The second-order valence-corrected chi connectivity index (χ2v) is 4.11. The van der Waals surface area contributed by atoms with Crippen molar-refractivity contribution in [1.29, 1.82) is 0 Å². The number of anilines is 1. The van der Waals surface area contributed by atoms with E-state index < -0.39 is 18.0 Å². The monoisotopic (exact) mass is 264 g/mol. The molecule has 0 radical (unpaired) electrons. The van der Waals surface area contributed by atoms with Gasteiger partial charge in [0.1, 0.15) is 0 Å². The fraction of sp³-hybridized carbons (Fsp3) is 0.667. The summed E-state index contributed by atoms with van der Waals surface area (Å²) in [6.07, 6.45) is -4.43. The molecule has 1 aliphatic heterocycles. The third-order valence-corrected chi connectivity index (χ3v) is 2.96. The van der Waals surface area contributed by atoms with Crippen molar-refractivity contribution >= 4 is 11.7 Å². The Labute approximate surface area is 99.9 Å². The molecule has 0 aromatic carbocycles. The lowest BCUT2D eigenvalue weighted by molar-refractivity contribution is -0.183. The van der Waals surface area contributed by atoms with Crippen LogP contribution >= 0.6 is 0 Å². The number of amides is 1. The Morgan fingerprint density at radius 1 is 1.33 bits per heavy atom. The van der Waals surface area contributed by atoms with Crippen molar-refractivity contribution in [2.75, 3.05) is 18.8 Å². The molecule has 0 aliphatic carbocycles. The maximum Gasteiger partial charge on any atom is 0.391 e. The molecule has 0 saturated carbocycles. The Morgan fingerprint density at radius 3 is 2.39 bits per heavy atom. The van der Waals surface area contributed by atoms with Crippen molar-refractivity contribution in [3.8, 4) is 0 Å². The zero-order chi connectivity index (χ0) is 13.3. The van der Waals surface area contributed by atoms with Gasteiger partial charge in [0.15, 0.2) is 0 Å². The van der Waals surface area contributed by atoms with E-state index in [1.54, 1.807) is 0 Å². The van der Waals surface area contributed by atoms with Gasteiger partial charge in [-0.25, -0.2) is 4.63 Å². The predicted molar refractivity (Wildman–Crippen MR) is 53.4 cm³/mol. The van der Waals surface area contributed by atoms with Crippen molar-refractivity contribution in [2.45, 2.75) is 19.0 Å². The minimum atomic E-state index is -4.20. The van der Waals surface area contributed by atoms with E-state index in [1.165, 1.54) is 4.90 Å². The average molecular weight is 264 g/mol. The van der Waals surface area contributed by atoms with Gasteiger partial charge in [-0.2, -0.15) is 13.2 Å². The van der Waals surface area contributed by atoms with E-state index in [-0.39, 0.29) is 37.4 Å². The molecule has 0 atom stereocenters. The number of nitrogens with two attached hydrogens (primary N) is 1. The molecule has 0 bridgehead atoms. The summed E-state index contributed by atoms with van der Waals surface area (Å²) in [6.45, 7) is 0.0463. The molecule has 2 rings (SSSR count). The number of nitrogen functional groups attached to an aromatic ring is 1. The number of aromatic nitrogens is 2. The van der Waals surface area contributed by atoms with E-state index >= 15 is 0 Å². The lowest BCUT2D eigenvalue weighted by Crippen LogP contribution is -2.42. The summed E-state index contributed by atoms with van der Waals surface area (Å²) in [5.41, 5.74) is 5.20. The van der Waals surface area contributed by atoms with Gasteiger partial charge in [0.2, 0.25) is 11.5 Å². The maximum absolute atomic E-state index is 12.4. The lowest BCUT2D eigenvalue weighted by Gasteiger charge is -2.32. The molecular formula is C9H11F3N4O2. The Morgan fingerprint density at radius 2 is 1.94 bits per heavy atom. The Hall–Kier alpha value is -1.80. The van der Waals surface area contributed by atoms with E-state index in [9.17, 15) is 18.0 Å². The van der Waals surface area contributed by atoms with Crippen LogP contribution in [0.15, 0.2) is 4.63 Å². The number of alkyl halides is 3. The quantitative estimate of drug-likeness (QED) is 0.819. The fourth-order valence-corrected chi connectivity index (χ4v) is 1.90. The highest BCUT2D eigenvalue weighted by Crippen LogP contribution is 2.34. The van der Waals surface area contributed by atoms with Crippen LogP contribution in [0.1, 0.15) is 23.3 Å². The number of piperidine rings is 1. The Kier molecular flexibility index (Phi) is 3.14. The van der Waals surface area contributed by atoms with Gasteiger partial charge in [0.05, 0.1) is 5.92 Å². The standard InChI is InChI=1S/C9H11F3N4O2/c10-9(11,12)5-1-3-16(4-2-5)8(17)6-7(13)15-18-14-6/h5H,1-4H2,(H2,13,15). The third-order valence-electron chi connectivity index (χ3n) is 2.96. The lowest BCUT2D eigenvalue weighted by atomic mass is 9.96. The molecular weight excluding hydrogens is 253 g/mol. The number of hydrogen-bond acceptors (Lipinski definition) is 5. The van der Waals surface area contributed by atoms with Gasteiger partial charge in [-0.3, -0.25) is 4.79 Å². The highest BCUT2D eigenvalue weighted by Gasteiger charge is 2.42. The Balaban J connectivity index is 1.99. The molecule has 1 aromatic heterocycles. The summed E-state index contributed by atoms with van der Waals surface area (Å²) in [5, 5.41) is 6.59. The first-order valence-electron chi connectivity index (χ1n) is 5.33. The first-order valence-corrected chi connectivity index (χ1v) is 5.33. The van der Waals surface area contributed by atoms with Crippen molar-refractivity contribution in [2.24, 2.45) is 5.92 Å². The molecule has 2 N–H and O–H groups in total. The zero-order valence-electron chi connectivity index (χ0n) is 9.28. The van der Waals surface area contributed by atoms with E-state index in [4.69, 9.17) is 5.73 Å². The van der Waals surface area contributed by atoms with Crippen molar-refractivity contribution in [3.63, 3.8) is 0 Å². The van der Waals surface area contributed by atoms with Gasteiger partial charge in [-0.05, 0) is 23.2 Å². The van der Waals surface area contributed by atoms with Gasteiger partial charge in [0.25, 0.3) is 5.91 Å². The largest absolute Gasteiger partial charge is 0.391 e. The van der Waals surface area contributed by atoms with Gasteiger partial charge >= 0.3 is 6.18 Å². The molecule has 1 aromatic rings. The highest BCUT2D eigenvalue weighted by atomic mass is 19.4. The molecule has 18 heavy (non-hydrogen) atoms. The minimum Gasteiger partial charge on any atom is -0.379 e. The molecule has 1 aliphatic rings. The SMILES string of the molecule is Nc1nonc1C(=O)N1CCC(C(F)(F)F)CC1. The van der Waals surface area contributed by atoms with Crippen LogP contribution in [-0.2, 0) is 0 Å². The van der Waals surface area contributed by atoms with Crippen LogP contribution in [-0.4, -0.2) is 40.4 Å². The number of carbonyl (C=O) groups excluding carboxylic acids is 1. The van der Waals surface area contributed by atoms with Crippen LogP contribution in [0.3, 0.4) is 0 Å². The molecule has 2 heterocycles. The predicted octanol–water partition coefficient (Wildman–Crippen LogP) is 1.07. The summed E-state index contributed by atoms with van der Waals surface area (Å²) in [5.74, 6) is -2.05. The number of rotatable bonds is 1. The molecule has 1 fully saturated rings. The summed E-state index contributed by atoms with van der Waals surface area (Å²) in [6, 6.07) is 0. The number of hydrogen-bond donors (Lipinski definition) is 1. The minimum absolute atomic E-state index is 0.0231. The van der Waals surface area contributed by atoms with Crippen LogP contribution in [0.5, 0.6) is 0 Å². The van der Waals surface area contributed by atoms with Crippen LogP contribution < -0.4 is 5.73 Å². The zero-order valence-corrected chi connectivity index (χ0v) is 9.28. The normalized spacial score (nSPS) is 18.1. The number of halogens is 3. The Bertz CT molecular complexity index is 437. The first kappa shape index (κ1) is 12.7. The number of carbonyl (C=O) groups is 1. The molecule has 100 valence electrons. The highest BCUT2D eigenvalue weighted by molar-refractivity contribution is 5.96. The van der Waals surface area contributed by atoms with Crippen molar-refractivity contribution < 1.29 is 22.6 Å². The molecule has 6 nitrogen and oxygen atoms in total. The summed E-state index contributed by atoms with van der Waals surface area (Å²) in [4.78, 5) is 13.1. The molecule has 0 spiro atoms. The summed E-state index contributed by atoms with van der Waals surface area (Å²) < 4.78 is 41.6. The van der Waals surface area contributed by atoms with Gasteiger partial charge in [-0.15, -0.1) is 0 Å². The fourth-order valence-electron chi connectivity index (χ4n) is 1.90. The topological polar surface area (TPSA) is 85.2 Å². The smallest absolute Gasteiger partial charge is 0.379 e. The molecule has 0 unspecified atom stereocenters. The summed E-state index contributed by atoms with van der Waals surface area (Å²) >= 11 is 0. The van der Waals surface area contributed by atoms with Crippen LogP contribution in [0.25, 0.3) is 0 Å². The molecule has 9 heteroatoms. The second kappa shape index (κ2) is 4.46. The van der Waals surface area contributed by atoms with E-state index in [1.807, 2.05) is 0 Å². The van der Waals surface area contributed by atoms with Gasteiger partial charge < -0.3 is 10.6 Å². The van der Waals surface area contributed by atoms with Crippen molar-refractivity contribution in [3.05, 3.63) is 5.69 Å². The summed E-state index contributed by atoms with van der Waals surface area (Å²) in [7, 11) is 0. The second-order valence-electron chi connectivity index (χ2n) is 4.11. The maximum atomic E-state index is 12.4. The molecule has 1 saturated heterocycles. The molecule has 1 amide bonds. The van der Waals surface area contributed by atoms with Crippen LogP contribution in [0.4, 0.5) is 19.0 Å². The third kappa shape index (κ3) is 2.39. The van der Waals surface area contributed by atoms with E-state index in [0.717, 1.165) is 0 Å². The van der Waals surface area contributed by atoms with Gasteiger partial charge in [0, 0.05) is 13.1 Å².